The lowest BCUT2D eigenvalue weighted by molar-refractivity contribution is 0.627. The molecule has 0 amide bonds. The van der Waals surface area contributed by atoms with E-state index in [2.05, 4.69) is 26.5 Å². The third kappa shape index (κ3) is 3.55. The average Bonchev–Trinajstić information content (AvgIpc) is 3.01. The summed E-state index contributed by atoms with van der Waals surface area (Å²) in [6.07, 6.45) is 4.38. The zero-order valence-corrected chi connectivity index (χ0v) is 13.4. The number of nitrogens with one attached hydrogen (secondary N) is 3. The average molecular weight is 338 g/mol. The van der Waals surface area contributed by atoms with Crippen LogP contribution >= 0.6 is 0 Å². The van der Waals surface area contributed by atoms with Crippen LogP contribution in [0.3, 0.4) is 0 Å². The molecule has 3 N–H and O–H groups in total. The topological polar surface area (TPSA) is 94.4 Å². The predicted molar refractivity (Wildman–Crippen MR) is 93.8 cm³/mol. The number of allylic oxidation sites excluding steroid dienone is 1. The Kier molecular flexibility index (Phi) is 4.30. The molecule has 126 valence electrons. The van der Waals surface area contributed by atoms with E-state index in [0.717, 1.165) is 5.57 Å². The Hall–Kier alpha value is -3.48. The highest BCUT2D eigenvalue weighted by molar-refractivity contribution is 5.66. The van der Waals surface area contributed by atoms with E-state index in [1.54, 1.807) is 13.0 Å². The first-order valence-electron chi connectivity index (χ1n) is 7.45. The minimum absolute atomic E-state index is 0.0393. The van der Waals surface area contributed by atoms with Gasteiger partial charge in [0.2, 0.25) is 0 Å². The third-order valence-corrected chi connectivity index (χ3v) is 3.51. The Morgan fingerprint density at radius 3 is 2.48 bits per heavy atom. The first kappa shape index (κ1) is 16.4. The van der Waals surface area contributed by atoms with E-state index in [4.69, 9.17) is 0 Å². The van der Waals surface area contributed by atoms with Crippen molar-refractivity contribution >= 4 is 17.7 Å². The summed E-state index contributed by atoms with van der Waals surface area (Å²) in [5, 5.41) is 0.116. The van der Waals surface area contributed by atoms with Gasteiger partial charge in [0.25, 0.3) is 11.1 Å². The van der Waals surface area contributed by atoms with Gasteiger partial charge in [-0.15, -0.1) is 0 Å². The highest BCUT2D eigenvalue weighted by Crippen LogP contribution is 2.12. The number of benzene rings is 1. The summed E-state index contributed by atoms with van der Waals surface area (Å²) in [4.78, 5) is 36.5. The van der Waals surface area contributed by atoms with Gasteiger partial charge in [0.15, 0.2) is 0 Å². The molecule has 0 bridgehead atoms. The lowest BCUT2D eigenvalue weighted by atomic mass is 10.2. The molecule has 0 aliphatic carbocycles. The zero-order valence-electron chi connectivity index (χ0n) is 13.4. The molecule has 0 saturated heterocycles. The highest BCUT2D eigenvalue weighted by atomic mass is 19.1. The van der Waals surface area contributed by atoms with Gasteiger partial charge in [-0.25, -0.2) is 9.37 Å². The van der Waals surface area contributed by atoms with E-state index in [1.165, 1.54) is 36.7 Å². The first-order valence-corrected chi connectivity index (χ1v) is 7.45. The molecule has 6 nitrogen and oxygen atoms in total. The minimum atomic E-state index is -0.494. The maximum absolute atomic E-state index is 13.2. The van der Waals surface area contributed by atoms with Gasteiger partial charge >= 0.3 is 0 Å². The van der Waals surface area contributed by atoms with E-state index in [1.807, 2.05) is 0 Å². The van der Waals surface area contributed by atoms with E-state index in [0.29, 0.717) is 17.0 Å². The Labute approximate surface area is 141 Å². The van der Waals surface area contributed by atoms with Crippen LogP contribution in [0.1, 0.15) is 23.9 Å². The molecule has 2 aromatic heterocycles. The van der Waals surface area contributed by atoms with Crippen molar-refractivity contribution in [2.24, 2.45) is 0 Å². The van der Waals surface area contributed by atoms with Crippen molar-refractivity contribution in [3.05, 3.63) is 91.3 Å². The molecule has 0 aliphatic heterocycles. The second-order valence-electron chi connectivity index (χ2n) is 5.52. The number of rotatable bonds is 3. The first-order chi connectivity index (χ1) is 11.9. The molecular formula is C18H15FN4O2. The summed E-state index contributed by atoms with van der Waals surface area (Å²) in [7, 11) is 0. The number of nitrogens with zero attached hydrogens (tertiary/aromatic N) is 1. The number of aromatic amines is 3. The molecule has 0 aliphatic rings. The van der Waals surface area contributed by atoms with Crippen molar-refractivity contribution in [2.75, 3.05) is 0 Å². The summed E-state index contributed by atoms with van der Waals surface area (Å²) in [5.74, 6) is -0.427. The largest absolute Gasteiger partial charge is 0.345 e. The van der Waals surface area contributed by atoms with Crippen LogP contribution < -0.4 is 21.8 Å². The number of aromatic nitrogens is 4. The number of H-pyrrole nitrogens is 3. The van der Waals surface area contributed by atoms with Crippen molar-refractivity contribution in [3.63, 3.8) is 0 Å². The van der Waals surface area contributed by atoms with Crippen molar-refractivity contribution < 1.29 is 4.39 Å². The standard InChI is InChI=1S/C18H15FN4O2/c1-10(2)16-13(20-9-21-16)8-15-18(25)22-14(17(24)23-15)7-11-4-3-5-12(19)6-11/h3-9H,1H2,2H3,(H,20,21)(H,22,25)(H,23,24)/b14-7-,15-8-. The molecular weight excluding hydrogens is 323 g/mol. The number of halogens is 1. The molecule has 0 spiro atoms. The van der Waals surface area contributed by atoms with E-state index >= 15 is 0 Å². The van der Waals surface area contributed by atoms with Crippen LogP contribution in [0.15, 0.2) is 46.8 Å². The maximum atomic E-state index is 13.2. The molecule has 1 aromatic carbocycles. The van der Waals surface area contributed by atoms with Crippen LogP contribution in [0.5, 0.6) is 0 Å². The van der Waals surface area contributed by atoms with E-state index in [-0.39, 0.29) is 10.7 Å². The molecule has 0 unspecified atom stereocenters. The summed E-state index contributed by atoms with van der Waals surface area (Å²) in [6, 6.07) is 5.71. The molecule has 0 atom stereocenters. The van der Waals surface area contributed by atoms with Gasteiger partial charge < -0.3 is 15.0 Å². The molecule has 0 radical (unpaired) electrons. The monoisotopic (exact) mass is 338 g/mol. The van der Waals surface area contributed by atoms with Gasteiger partial charge in [-0.05, 0) is 42.3 Å². The Morgan fingerprint density at radius 1 is 1.16 bits per heavy atom. The van der Waals surface area contributed by atoms with Crippen molar-refractivity contribution in [1.29, 1.82) is 0 Å². The lowest BCUT2D eigenvalue weighted by Crippen LogP contribution is -2.46. The fourth-order valence-corrected chi connectivity index (χ4v) is 2.36. The molecule has 0 fully saturated rings. The van der Waals surface area contributed by atoms with Gasteiger partial charge in [0, 0.05) is 0 Å². The van der Waals surface area contributed by atoms with Gasteiger partial charge in [-0.3, -0.25) is 9.59 Å². The van der Waals surface area contributed by atoms with Crippen LogP contribution in [-0.4, -0.2) is 19.9 Å². The molecule has 25 heavy (non-hydrogen) atoms. The Morgan fingerprint density at radius 2 is 1.84 bits per heavy atom. The summed E-state index contributed by atoms with van der Waals surface area (Å²) >= 11 is 0. The summed E-state index contributed by atoms with van der Waals surface area (Å²) < 4.78 is 13.2. The van der Waals surface area contributed by atoms with E-state index < -0.39 is 16.9 Å². The van der Waals surface area contributed by atoms with Crippen LogP contribution in [0, 0.1) is 5.82 Å². The van der Waals surface area contributed by atoms with Crippen LogP contribution in [0.25, 0.3) is 17.7 Å². The smallest absolute Gasteiger partial charge is 0.272 e. The normalized spacial score (nSPS) is 12.6. The molecule has 3 rings (SSSR count). The SMILES string of the molecule is C=C(C)c1nc[nH]c1/C=c1\[nH]c(=O)/c(=C/c2cccc(F)c2)[nH]c1=O. The predicted octanol–water partition coefficient (Wildman–Crippen LogP) is 0.616. The fraction of sp³-hybridized carbons (Fsp3) is 0.0556. The molecule has 7 heteroatoms. The molecule has 2 heterocycles. The summed E-state index contributed by atoms with van der Waals surface area (Å²) in [6.45, 7) is 5.60. The second kappa shape index (κ2) is 6.56. The third-order valence-electron chi connectivity index (χ3n) is 3.51. The van der Waals surface area contributed by atoms with Gasteiger partial charge in [0.1, 0.15) is 16.5 Å². The van der Waals surface area contributed by atoms with Crippen LogP contribution in [-0.2, 0) is 0 Å². The van der Waals surface area contributed by atoms with Crippen LogP contribution in [0.2, 0.25) is 0 Å². The van der Waals surface area contributed by atoms with Crippen molar-refractivity contribution in [1.82, 2.24) is 19.9 Å². The quantitative estimate of drug-likeness (QED) is 0.653. The van der Waals surface area contributed by atoms with Gasteiger partial charge in [0.05, 0.1) is 17.7 Å². The Bertz CT molecular complexity index is 1180. The number of hydrogen-bond acceptors (Lipinski definition) is 3. The molecule has 0 saturated carbocycles. The van der Waals surface area contributed by atoms with Crippen molar-refractivity contribution in [2.45, 2.75) is 6.92 Å². The Balaban J connectivity index is 2.15. The second-order valence-corrected chi connectivity index (χ2v) is 5.52. The summed E-state index contributed by atoms with van der Waals surface area (Å²) in [5.41, 5.74) is 1.39. The van der Waals surface area contributed by atoms with E-state index in [9.17, 15) is 14.0 Å². The zero-order chi connectivity index (χ0) is 18.0. The number of hydrogen-bond donors (Lipinski definition) is 3. The van der Waals surface area contributed by atoms with Crippen LogP contribution in [0.4, 0.5) is 4.39 Å². The highest BCUT2D eigenvalue weighted by Gasteiger charge is 2.04. The fourth-order valence-electron chi connectivity index (χ4n) is 2.36. The van der Waals surface area contributed by atoms with Gasteiger partial charge in [-0.1, -0.05) is 18.7 Å². The lowest BCUT2D eigenvalue weighted by Gasteiger charge is -1.96. The van der Waals surface area contributed by atoms with Crippen molar-refractivity contribution in [3.8, 4) is 0 Å². The minimum Gasteiger partial charge on any atom is -0.345 e. The van der Waals surface area contributed by atoms with Gasteiger partial charge in [-0.2, -0.15) is 0 Å². The molecule has 3 aromatic rings. The maximum Gasteiger partial charge on any atom is 0.272 e. The number of imidazole rings is 1.